The Bertz CT molecular complexity index is 1140. The Balaban J connectivity index is 1.65. The summed E-state index contributed by atoms with van der Waals surface area (Å²) in [5.41, 5.74) is 3.00. The number of carbonyl (C=O) groups is 2. The van der Waals surface area contributed by atoms with E-state index in [9.17, 15) is 24.9 Å². The number of allylic oxidation sites excluding steroid dienone is 1. The summed E-state index contributed by atoms with van der Waals surface area (Å²) >= 11 is -0.329. The van der Waals surface area contributed by atoms with Gasteiger partial charge in [-0.2, -0.15) is 0 Å². The molecule has 2 aromatic rings. The Morgan fingerprint density at radius 3 is 2.45 bits per heavy atom. The standard InChI is InChI=1S/C23H21NO6Se/c1-10-7-8-14-13(9-10)16(21-18(26)12-5-3-4-6-15(12)31-21)22(29)24(14)23-20(28)19(27)17(25)11(2)30-23/h3-9,11,17,19-20,23,25,27-28H,1-2H3/b21-16-/t11-,17-,19+,20+,23-/m0/s1. The molecule has 3 aliphatic rings. The van der Waals surface area contributed by atoms with Crippen molar-refractivity contribution in [1.82, 2.24) is 0 Å². The van der Waals surface area contributed by atoms with Crippen molar-refractivity contribution in [2.24, 2.45) is 0 Å². The van der Waals surface area contributed by atoms with Crippen molar-refractivity contribution >= 4 is 42.4 Å². The molecule has 5 rings (SSSR count). The van der Waals surface area contributed by atoms with Gasteiger partial charge in [0.2, 0.25) is 0 Å². The number of aliphatic hydroxyl groups is 3. The van der Waals surface area contributed by atoms with E-state index in [-0.39, 0.29) is 20.7 Å². The molecule has 31 heavy (non-hydrogen) atoms. The van der Waals surface area contributed by atoms with Gasteiger partial charge in [0.1, 0.15) is 0 Å². The molecule has 2 aromatic carbocycles. The van der Waals surface area contributed by atoms with Crippen LogP contribution in [0.15, 0.2) is 46.9 Å². The van der Waals surface area contributed by atoms with E-state index in [1.165, 1.54) is 4.90 Å². The van der Waals surface area contributed by atoms with Crippen LogP contribution in [-0.2, 0) is 9.53 Å². The van der Waals surface area contributed by atoms with E-state index in [0.717, 1.165) is 10.0 Å². The van der Waals surface area contributed by atoms with E-state index in [2.05, 4.69) is 0 Å². The summed E-state index contributed by atoms with van der Waals surface area (Å²) in [5, 5.41) is 30.9. The minimum atomic E-state index is -1.50. The van der Waals surface area contributed by atoms with Crippen LogP contribution < -0.4 is 9.36 Å². The molecule has 0 spiro atoms. The third-order valence-electron chi connectivity index (χ3n) is 5.97. The Hall–Kier alpha value is -2.32. The number of rotatable bonds is 1. The van der Waals surface area contributed by atoms with Crippen LogP contribution in [0.3, 0.4) is 0 Å². The number of hydrogen-bond acceptors (Lipinski definition) is 6. The maximum atomic E-state index is 13.7. The monoisotopic (exact) mass is 487 g/mol. The summed E-state index contributed by atoms with van der Waals surface area (Å²) in [5.74, 6) is -0.597. The quantitative estimate of drug-likeness (QED) is 0.390. The first-order valence-corrected chi connectivity index (χ1v) is 11.7. The number of carbonyl (C=O) groups excluding carboxylic acids is 2. The summed E-state index contributed by atoms with van der Waals surface area (Å²) in [4.78, 5) is 28.1. The first kappa shape index (κ1) is 20.6. The fraction of sp³-hybridized carbons (Fsp3) is 0.304. The molecule has 1 fully saturated rings. The summed E-state index contributed by atoms with van der Waals surface area (Å²) in [6.07, 6.45) is -6.21. The van der Waals surface area contributed by atoms with E-state index in [0.29, 0.717) is 26.9 Å². The number of amides is 1. The molecule has 0 radical (unpaired) electrons. The van der Waals surface area contributed by atoms with Crippen molar-refractivity contribution in [1.29, 1.82) is 0 Å². The molecule has 1 saturated heterocycles. The van der Waals surface area contributed by atoms with Gasteiger partial charge in [-0.05, 0) is 0 Å². The molecule has 3 N–H and O–H groups in total. The normalized spacial score (nSPS) is 32.4. The molecule has 0 unspecified atom stereocenters. The third kappa shape index (κ3) is 3.02. The Morgan fingerprint density at radius 2 is 1.71 bits per heavy atom. The van der Waals surface area contributed by atoms with Gasteiger partial charge < -0.3 is 0 Å². The van der Waals surface area contributed by atoms with E-state index >= 15 is 0 Å². The first-order chi connectivity index (χ1) is 14.8. The molecule has 7 nitrogen and oxygen atoms in total. The summed E-state index contributed by atoms with van der Waals surface area (Å²) in [7, 11) is 0. The van der Waals surface area contributed by atoms with Crippen molar-refractivity contribution < 1.29 is 29.6 Å². The average molecular weight is 486 g/mol. The molecule has 160 valence electrons. The Kier molecular flexibility index (Phi) is 4.90. The van der Waals surface area contributed by atoms with Crippen LogP contribution in [0.25, 0.3) is 5.57 Å². The average Bonchev–Trinajstić information content (AvgIpc) is 3.22. The Labute approximate surface area is 185 Å². The number of benzene rings is 2. The van der Waals surface area contributed by atoms with Gasteiger partial charge in [0.25, 0.3) is 0 Å². The number of fused-ring (bicyclic) bond motifs is 2. The fourth-order valence-corrected chi connectivity index (χ4v) is 6.70. The number of aryl methyl sites for hydroxylation is 1. The number of anilines is 1. The summed E-state index contributed by atoms with van der Waals surface area (Å²) < 4.78 is 7.18. The Morgan fingerprint density at radius 1 is 0.968 bits per heavy atom. The molecular weight excluding hydrogens is 465 g/mol. The van der Waals surface area contributed by atoms with Crippen LogP contribution in [0.5, 0.6) is 0 Å². The van der Waals surface area contributed by atoms with Crippen molar-refractivity contribution in [2.45, 2.75) is 44.5 Å². The predicted molar refractivity (Wildman–Crippen MR) is 114 cm³/mol. The molecule has 5 atom stereocenters. The van der Waals surface area contributed by atoms with Gasteiger partial charge in [-0.1, -0.05) is 0 Å². The van der Waals surface area contributed by atoms with Crippen molar-refractivity contribution in [3.8, 4) is 0 Å². The number of Topliss-reactive ketones (excluding diaryl/α,β-unsaturated/α-hetero) is 1. The summed E-state index contributed by atoms with van der Waals surface area (Å²) in [6.45, 7) is 3.48. The third-order valence-corrected chi connectivity index (χ3v) is 8.43. The van der Waals surface area contributed by atoms with Gasteiger partial charge in [-0.15, -0.1) is 0 Å². The molecule has 0 aliphatic carbocycles. The maximum absolute atomic E-state index is 13.7. The first-order valence-electron chi connectivity index (χ1n) is 9.99. The van der Waals surface area contributed by atoms with Gasteiger partial charge in [0.15, 0.2) is 0 Å². The molecule has 0 aromatic heterocycles. The van der Waals surface area contributed by atoms with Crippen LogP contribution in [-0.4, -0.2) is 72.6 Å². The SMILES string of the molecule is Cc1ccc2c(c1)/C(=C1/[Se]c3ccccc3C1=O)C(=O)N2[C@H]1O[C@@H](C)[C@H](O)[C@@H](O)[C@H]1O. The van der Waals surface area contributed by atoms with Crippen LogP contribution in [0.4, 0.5) is 5.69 Å². The molecular formula is C23H21NO6Se. The zero-order chi connectivity index (χ0) is 22.0. The van der Waals surface area contributed by atoms with Crippen molar-refractivity contribution in [3.05, 3.63) is 63.6 Å². The number of aliphatic hydroxyl groups excluding tert-OH is 3. The van der Waals surface area contributed by atoms with E-state index < -0.39 is 36.6 Å². The topological polar surface area (TPSA) is 107 Å². The zero-order valence-electron chi connectivity index (χ0n) is 16.9. The van der Waals surface area contributed by atoms with E-state index in [4.69, 9.17) is 4.74 Å². The van der Waals surface area contributed by atoms with E-state index in [1.807, 2.05) is 37.3 Å². The number of ether oxygens (including phenoxy) is 1. The van der Waals surface area contributed by atoms with Crippen molar-refractivity contribution in [3.63, 3.8) is 0 Å². The van der Waals surface area contributed by atoms with Gasteiger partial charge in [0.05, 0.1) is 0 Å². The number of nitrogens with zero attached hydrogens (tertiary/aromatic N) is 1. The van der Waals surface area contributed by atoms with E-state index in [1.54, 1.807) is 19.1 Å². The van der Waals surface area contributed by atoms with Gasteiger partial charge in [-0.25, -0.2) is 0 Å². The fourth-order valence-electron chi connectivity index (χ4n) is 4.31. The van der Waals surface area contributed by atoms with Crippen LogP contribution >= 0.6 is 0 Å². The van der Waals surface area contributed by atoms with Crippen LogP contribution in [0.1, 0.15) is 28.4 Å². The summed E-state index contributed by atoms with van der Waals surface area (Å²) in [6, 6.07) is 12.8. The van der Waals surface area contributed by atoms with Gasteiger partial charge >= 0.3 is 185 Å². The number of ketones is 1. The predicted octanol–water partition coefficient (Wildman–Crippen LogP) is 0.106. The molecule has 3 aliphatic heterocycles. The van der Waals surface area contributed by atoms with Crippen LogP contribution in [0.2, 0.25) is 0 Å². The second kappa shape index (κ2) is 7.38. The second-order valence-corrected chi connectivity index (χ2v) is 10.2. The molecule has 0 saturated carbocycles. The molecule has 3 heterocycles. The molecule has 1 amide bonds. The van der Waals surface area contributed by atoms with Gasteiger partial charge in [0, 0.05) is 0 Å². The van der Waals surface area contributed by atoms with Crippen molar-refractivity contribution in [2.75, 3.05) is 4.90 Å². The van der Waals surface area contributed by atoms with Crippen LogP contribution in [0, 0.1) is 6.92 Å². The molecule has 8 heteroatoms. The minimum absolute atomic E-state index is 0.151. The number of hydrogen-bond donors (Lipinski definition) is 3. The molecule has 0 bridgehead atoms. The van der Waals surface area contributed by atoms with Gasteiger partial charge in [-0.3, -0.25) is 0 Å². The second-order valence-electron chi connectivity index (χ2n) is 8.03. The zero-order valence-corrected chi connectivity index (χ0v) is 18.6.